The molecule has 2 rings (SSSR count). The van der Waals surface area contributed by atoms with Crippen LogP contribution in [-0.2, 0) is 9.53 Å². The molecule has 0 saturated heterocycles. The zero-order chi connectivity index (χ0) is 18.4. The fourth-order valence-electron chi connectivity index (χ4n) is 2.14. The monoisotopic (exact) mass is 407 g/mol. The number of hydrogen-bond donors (Lipinski definition) is 2. The molecule has 6 nitrogen and oxygen atoms in total. The van der Waals surface area contributed by atoms with Gasteiger partial charge in [0.1, 0.15) is 17.1 Å². The summed E-state index contributed by atoms with van der Waals surface area (Å²) < 4.78 is 10.8. The van der Waals surface area contributed by atoms with E-state index in [1.54, 1.807) is 0 Å². The molecule has 0 aliphatic carbocycles. The Morgan fingerprint density at radius 1 is 1.20 bits per heavy atom. The first-order valence-corrected chi connectivity index (χ1v) is 8.29. The van der Waals surface area contributed by atoms with Crippen LogP contribution in [0.15, 0.2) is 46.9 Å². The average Bonchev–Trinajstić information content (AvgIpc) is 2.60. The maximum atomic E-state index is 12.0. The number of carbonyl (C=O) groups excluding carboxylic acids is 2. The second-order valence-corrected chi connectivity index (χ2v) is 6.22. The highest BCUT2D eigenvalue weighted by molar-refractivity contribution is 9.10. The highest BCUT2D eigenvalue weighted by Crippen LogP contribution is 2.24. The van der Waals surface area contributed by atoms with E-state index in [9.17, 15) is 14.7 Å². The zero-order valence-electron chi connectivity index (χ0n) is 13.8. The Balaban J connectivity index is 1.89. The molecule has 0 aromatic heterocycles. The number of carbonyl (C=O) groups is 2. The van der Waals surface area contributed by atoms with Crippen LogP contribution in [0.4, 0.5) is 0 Å². The summed E-state index contributed by atoms with van der Waals surface area (Å²) >= 11 is 3.35. The lowest BCUT2D eigenvalue weighted by Crippen LogP contribution is -2.31. The van der Waals surface area contributed by atoms with Gasteiger partial charge in [-0.2, -0.15) is 0 Å². The summed E-state index contributed by atoms with van der Waals surface area (Å²) in [6.45, 7) is 1.39. The minimum absolute atomic E-state index is 0.0328. The normalized spacial score (nSPS) is 11.5. The molecule has 0 unspecified atom stereocenters. The lowest BCUT2D eigenvalue weighted by atomic mass is 10.1. The van der Waals surface area contributed by atoms with Crippen LogP contribution >= 0.6 is 15.9 Å². The summed E-state index contributed by atoms with van der Waals surface area (Å²) in [6, 6.07) is 11.5. The number of halogens is 1. The topological polar surface area (TPSA) is 84.9 Å². The van der Waals surface area contributed by atoms with E-state index in [-0.39, 0.29) is 17.4 Å². The van der Waals surface area contributed by atoms with E-state index in [1.807, 2.05) is 31.2 Å². The van der Waals surface area contributed by atoms with Crippen LogP contribution in [0.3, 0.4) is 0 Å². The van der Waals surface area contributed by atoms with E-state index in [0.29, 0.717) is 5.75 Å². The SMILES string of the molecule is COc1ccc(C(=O)OCC(=O)N[C@@H](C)c2ccc(Br)cc2)c(O)c1. The standard InChI is InChI=1S/C18H18BrNO5/c1-11(12-3-5-13(19)6-4-12)20-17(22)10-25-18(23)15-8-7-14(24-2)9-16(15)21/h3-9,11,21H,10H2,1-2H3,(H,20,22)/t11-/m0/s1. The molecule has 0 aliphatic rings. The second kappa shape index (κ2) is 8.53. The first kappa shape index (κ1) is 18.8. The predicted molar refractivity (Wildman–Crippen MR) is 95.6 cm³/mol. The quantitative estimate of drug-likeness (QED) is 0.718. The summed E-state index contributed by atoms with van der Waals surface area (Å²) in [5, 5.41) is 12.5. The highest BCUT2D eigenvalue weighted by Gasteiger charge is 2.16. The van der Waals surface area contributed by atoms with Crippen molar-refractivity contribution in [2.75, 3.05) is 13.7 Å². The molecule has 0 saturated carbocycles. The Kier molecular flexibility index (Phi) is 6.41. The van der Waals surface area contributed by atoms with Crippen LogP contribution in [0.5, 0.6) is 11.5 Å². The van der Waals surface area contributed by atoms with Crippen LogP contribution in [0.1, 0.15) is 28.9 Å². The molecule has 1 atom stereocenters. The van der Waals surface area contributed by atoms with E-state index >= 15 is 0 Å². The Labute approximate surface area is 153 Å². The molecule has 7 heteroatoms. The summed E-state index contributed by atoms with van der Waals surface area (Å²) in [4.78, 5) is 23.9. The number of esters is 1. The second-order valence-electron chi connectivity index (χ2n) is 5.30. The van der Waals surface area contributed by atoms with Gasteiger partial charge in [-0.3, -0.25) is 4.79 Å². The van der Waals surface area contributed by atoms with Gasteiger partial charge in [0.05, 0.1) is 13.2 Å². The van der Waals surface area contributed by atoms with Crippen molar-refractivity contribution in [3.63, 3.8) is 0 Å². The number of nitrogens with one attached hydrogen (secondary N) is 1. The molecule has 0 radical (unpaired) electrons. The van der Waals surface area contributed by atoms with Gasteiger partial charge in [0.15, 0.2) is 6.61 Å². The van der Waals surface area contributed by atoms with Gasteiger partial charge in [-0.15, -0.1) is 0 Å². The van der Waals surface area contributed by atoms with Gasteiger partial charge in [0.25, 0.3) is 5.91 Å². The van der Waals surface area contributed by atoms with Crippen molar-refractivity contribution in [3.8, 4) is 11.5 Å². The number of methoxy groups -OCH3 is 1. The summed E-state index contributed by atoms with van der Waals surface area (Å²) in [7, 11) is 1.45. The zero-order valence-corrected chi connectivity index (χ0v) is 15.4. The van der Waals surface area contributed by atoms with E-state index < -0.39 is 18.5 Å². The number of benzene rings is 2. The Bertz CT molecular complexity index is 761. The van der Waals surface area contributed by atoms with Gasteiger partial charge >= 0.3 is 5.97 Å². The molecule has 1 amide bonds. The molecule has 25 heavy (non-hydrogen) atoms. The van der Waals surface area contributed by atoms with Crippen molar-refractivity contribution in [3.05, 3.63) is 58.1 Å². The molecule has 2 N–H and O–H groups in total. The van der Waals surface area contributed by atoms with Crippen LogP contribution in [0, 0.1) is 0 Å². The number of aromatic hydroxyl groups is 1. The predicted octanol–water partition coefficient (Wildman–Crippen LogP) is 3.20. The summed E-state index contributed by atoms with van der Waals surface area (Å²) in [5.74, 6) is -1.08. The molecule has 0 aliphatic heterocycles. The summed E-state index contributed by atoms with van der Waals surface area (Å²) in [5.41, 5.74) is 0.894. The first-order valence-electron chi connectivity index (χ1n) is 7.49. The molecule has 2 aromatic rings. The molecule has 2 aromatic carbocycles. The third kappa shape index (κ3) is 5.22. The van der Waals surface area contributed by atoms with Crippen LogP contribution in [0.2, 0.25) is 0 Å². The maximum Gasteiger partial charge on any atom is 0.342 e. The maximum absolute atomic E-state index is 12.0. The van der Waals surface area contributed by atoms with E-state index in [4.69, 9.17) is 9.47 Å². The van der Waals surface area contributed by atoms with Crippen LogP contribution < -0.4 is 10.1 Å². The lowest BCUT2D eigenvalue weighted by Gasteiger charge is -2.14. The fourth-order valence-corrected chi connectivity index (χ4v) is 2.40. The third-order valence-corrected chi connectivity index (χ3v) is 4.04. The molecule has 0 fully saturated rings. The average molecular weight is 408 g/mol. The van der Waals surface area contributed by atoms with Gasteiger partial charge in [0, 0.05) is 10.5 Å². The molecule has 132 valence electrons. The fraction of sp³-hybridized carbons (Fsp3) is 0.222. The van der Waals surface area contributed by atoms with Gasteiger partial charge in [-0.1, -0.05) is 28.1 Å². The number of amides is 1. The van der Waals surface area contributed by atoms with Crippen molar-refractivity contribution in [1.29, 1.82) is 0 Å². The van der Waals surface area contributed by atoms with Crippen molar-refractivity contribution in [1.82, 2.24) is 5.32 Å². The molecular weight excluding hydrogens is 390 g/mol. The molecule has 0 heterocycles. The molecule has 0 bridgehead atoms. The van der Waals surface area contributed by atoms with Crippen LogP contribution in [-0.4, -0.2) is 30.7 Å². The van der Waals surface area contributed by atoms with Gasteiger partial charge in [-0.25, -0.2) is 4.79 Å². The van der Waals surface area contributed by atoms with Crippen molar-refractivity contribution in [2.45, 2.75) is 13.0 Å². The molecular formula is C18H18BrNO5. The lowest BCUT2D eigenvalue weighted by molar-refractivity contribution is -0.124. The van der Waals surface area contributed by atoms with Crippen molar-refractivity contribution in [2.24, 2.45) is 0 Å². The summed E-state index contributed by atoms with van der Waals surface area (Å²) in [6.07, 6.45) is 0. The number of ether oxygens (including phenoxy) is 2. The van der Waals surface area contributed by atoms with Gasteiger partial charge in [-0.05, 0) is 36.8 Å². The Morgan fingerprint density at radius 3 is 2.48 bits per heavy atom. The van der Waals surface area contributed by atoms with E-state index in [1.165, 1.54) is 25.3 Å². The number of phenolic OH excluding ortho intramolecular Hbond substituents is 1. The third-order valence-electron chi connectivity index (χ3n) is 3.51. The van der Waals surface area contributed by atoms with Gasteiger partial charge < -0.3 is 19.9 Å². The van der Waals surface area contributed by atoms with Crippen molar-refractivity contribution >= 4 is 27.8 Å². The smallest absolute Gasteiger partial charge is 0.342 e. The van der Waals surface area contributed by atoms with Crippen LogP contribution in [0.25, 0.3) is 0 Å². The highest BCUT2D eigenvalue weighted by atomic mass is 79.9. The number of hydrogen-bond acceptors (Lipinski definition) is 5. The Morgan fingerprint density at radius 2 is 1.88 bits per heavy atom. The molecule has 0 spiro atoms. The van der Waals surface area contributed by atoms with E-state index in [2.05, 4.69) is 21.2 Å². The first-order chi connectivity index (χ1) is 11.9. The Hall–Kier alpha value is -2.54. The number of rotatable bonds is 6. The van der Waals surface area contributed by atoms with E-state index in [0.717, 1.165) is 10.0 Å². The minimum Gasteiger partial charge on any atom is -0.507 e. The number of phenols is 1. The van der Waals surface area contributed by atoms with Crippen molar-refractivity contribution < 1.29 is 24.2 Å². The van der Waals surface area contributed by atoms with Gasteiger partial charge in [0.2, 0.25) is 0 Å². The minimum atomic E-state index is -0.786. The largest absolute Gasteiger partial charge is 0.507 e.